The van der Waals surface area contributed by atoms with Crippen LogP contribution in [0.3, 0.4) is 0 Å². The van der Waals surface area contributed by atoms with Crippen molar-refractivity contribution in [3.63, 3.8) is 0 Å². The Bertz CT molecular complexity index is 579. The Morgan fingerprint density at radius 2 is 1.67 bits per heavy atom. The Balaban J connectivity index is 1.67. The van der Waals surface area contributed by atoms with Crippen LogP contribution in [0.2, 0.25) is 0 Å². The average Bonchev–Trinajstić information content (AvgIpc) is 2.55. The molecule has 0 aromatic heterocycles. The second-order valence-electron chi connectivity index (χ2n) is 8.16. The van der Waals surface area contributed by atoms with Crippen molar-refractivity contribution in [2.75, 3.05) is 6.61 Å². The molecule has 0 radical (unpaired) electrons. The third-order valence-electron chi connectivity index (χ3n) is 7.02. The van der Waals surface area contributed by atoms with Gasteiger partial charge in [-0.1, -0.05) is 12.1 Å². The van der Waals surface area contributed by atoms with Gasteiger partial charge >= 0.3 is 5.97 Å². The molecule has 0 atom stereocenters. The number of ether oxygens (including phenoxy) is 1. The van der Waals surface area contributed by atoms with Gasteiger partial charge in [0.25, 0.3) is 0 Å². The van der Waals surface area contributed by atoms with Crippen molar-refractivity contribution >= 4 is 5.97 Å². The van der Waals surface area contributed by atoms with E-state index in [0.29, 0.717) is 24.9 Å². The Labute approximate surface area is 143 Å². The van der Waals surface area contributed by atoms with Gasteiger partial charge in [0, 0.05) is 11.8 Å². The molecular formula is C21H27FO2. The zero-order chi connectivity index (χ0) is 16.7. The largest absolute Gasteiger partial charge is 0.466 e. The summed E-state index contributed by atoms with van der Waals surface area (Å²) in [6.45, 7) is 2.30. The Kier molecular flexibility index (Phi) is 4.14. The van der Waals surface area contributed by atoms with Crippen molar-refractivity contribution in [3.05, 3.63) is 35.6 Å². The molecule has 4 bridgehead atoms. The van der Waals surface area contributed by atoms with E-state index in [4.69, 9.17) is 4.74 Å². The van der Waals surface area contributed by atoms with E-state index in [1.807, 2.05) is 19.1 Å². The van der Waals surface area contributed by atoms with Crippen LogP contribution in [0.5, 0.6) is 0 Å². The number of esters is 1. The molecule has 0 N–H and O–H groups in total. The van der Waals surface area contributed by atoms with Crippen LogP contribution in [0.15, 0.2) is 24.3 Å². The van der Waals surface area contributed by atoms with Crippen molar-refractivity contribution in [3.8, 4) is 0 Å². The van der Waals surface area contributed by atoms with E-state index >= 15 is 0 Å². The Hall–Kier alpha value is -1.38. The van der Waals surface area contributed by atoms with E-state index in [1.165, 1.54) is 37.7 Å². The first kappa shape index (κ1) is 16.1. The highest BCUT2D eigenvalue weighted by Gasteiger charge is 2.57. The van der Waals surface area contributed by atoms with Crippen molar-refractivity contribution in [2.45, 2.75) is 57.3 Å². The molecule has 4 aliphatic carbocycles. The van der Waals surface area contributed by atoms with Gasteiger partial charge in [0.05, 0.1) is 6.61 Å². The summed E-state index contributed by atoms with van der Waals surface area (Å²) in [5.41, 5.74) is 1.30. The minimum absolute atomic E-state index is 0.0495. The molecule has 0 spiro atoms. The molecule has 0 heterocycles. The summed E-state index contributed by atoms with van der Waals surface area (Å²) in [6.07, 6.45) is 7.88. The summed E-state index contributed by atoms with van der Waals surface area (Å²) < 4.78 is 18.7. The molecule has 3 heteroatoms. The summed E-state index contributed by atoms with van der Waals surface area (Å²) in [5, 5.41) is 0. The molecule has 2 nitrogen and oxygen atoms in total. The van der Waals surface area contributed by atoms with Gasteiger partial charge in [-0.15, -0.1) is 0 Å². The van der Waals surface area contributed by atoms with Gasteiger partial charge in [0.2, 0.25) is 0 Å². The molecule has 0 unspecified atom stereocenters. The lowest BCUT2D eigenvalue weighted by molar-refractivity contribution is -0.145. The highest BCUT2D eigenvalue weighted by atomic mass is 19.1. The molecule has 4 aliphatic rings. The standard InChI is InChI=1S/C21H27FO2/c1-2-24-20(23)7-8-21(16-3-5-19(22)6-4-16)17-10-14-9-15(12-17)13-18(21)11-14/h3-6,14-15,17-18H,2,7-13H2,1H3. The quantitative estimate of drug-likeness (QED) is 0.721. The molecule has 0 amide bonds. The molecule has 0 saturated heterocycles. The number of halogens is 1. The van der Waals surface area contributed by atoms with Crippen LogP contribution in [-0.4, -0.2) is 12.6 Å². The van der Waals surface area contributed by atoms with Crippen LogP contribution in [0, 0.1) is 29.5 Å². The van der Waals surface area contributed by atoms with Crippen LogP contribution in [0.4, 0.5) is 4.39 Å². The van der Waals surface area contributed by atoms with E-state index in [2.05, 4.69) is 0 Å². The Morgan fingerprint density at radius 1 is 1.08 bits per heavy atom. The number of carbonyl (C=O) groups excluding carboxylic acids is 1. The number of carbonyl (C=O) groups is 1. The maximum Gasteiger partial charge on any atom is 0.305 e. The lowest BCUT2D eigenvalue weighted by Crippen LogP contribution is -2.55. The number of hydrogen-bond donors (Lipinski definition) is 0. The molecule has 4 fully saturated rings. The Morgan fingerprint density at radius 3 is 2.21 bits per heavy atom. The topological polar surface area (TPSA) is 26.3 Å². The molecule has 24 heavy (non-hydrogen) atoms. The summed E-state index contributed by atoms with van der Waals surface area (Å²) in [6, 6.07) is 7.13. The predicted molar refractivity (Wildman–Crippen MR) is 91.0 cm³/mol. The maximum absolute atomic E-state index is 13.5. The molecule has 4 saturated carbocycles. The summed E-state index contributed by atoms with van der Waals surface area (Å²) in [7, 11) is 0. The normalized spacial score (nSPS) is 36.8. The number of benzene rings is 1. The van der Waals surface area contributed by atoms with Crippen molar-refractivity contribution in [1.82, 2.24) is 0 Å². The van der Waals surface area contributed by atoms with Gasteiger partial charge in [0.15, 0.2) is 0 Å². The molecule has 130 valence electrons. The van der Waals surface area contributed by atoms with Crippen LogP contribution >= 0.6 is 0 Å². The second kappa shape index (κ2) is 6.16. The van der Waals surface area contributed by atoms with Gasteiger partial charge < -0.3 is 4.74 Å². The first-order chi connectivity index (χ1) is 11.6. The fourth-order valence-electron chi connectivity index (χ4n) is 6.35. The maximum atomic E-state index is 13.5. The lowest BCUT2D eigenvalue weighted by atomic mass is 9.43. The first-order valence-electron chi connectivity index (χ1n) is 9.53. The highest BCUT2D eigenvalue weighted by Crippen LogP contribution is 2.64. The van der Waals surface area contributed by atoms with E-state index in [1.54, 1.807) is 12.1 Å². The van der Waals surface area contributed by atoms with Crippen molar-refractivity contribution < 1.29 is 13.9 Å². The van der Waals surface area contributed by atoms with Crippen molar-refractivity contribution in [2.24, 2.45) is 23.7 Å². The first-order valence-corrected chi connectivity index (χ1v) is 9.53. The second-order valence-corrected chi connectivity index (χ2v) is 8.16. The third kappa shape index (κ3) is 2.57. The third-order valence-corrected chi connectivity index (χ3v) is 7.02. The summed E-state index contributed by atoms with van der Waals surface area (Å²) in [5.74, 6) is 2.78. The van der Waals surface area contributed by atoms with Gasteiger partial charge in [-0.2, -0.15) is 0 Å². The van der Waals surface area contributed by atoms with Crippen LogP contribution < -0.4 is 0 Å². The molecule has 1 aromatic rings. The zero-order valence-corrected chi connectivity index (χ0v) is 14.5. The van der Waals surface area contributed by atoms with Crippen LogP contribution in [-0.2, 0) is 14.9 Å². The van der Waals surface area contributed by atoms with Crippen LogP contribution in [0.25, 0.3) is 0 Å². The van der Waals surface area contributed by atoms with Crippen molar-refractivity contribution in [1.29, 1.82) is 0 Å². The molecule has 1 aromatic carbocycles. The monoisotopic (exact) mass is 330 g/mol. The van der Waals surface area contributed by atoms with E-state index in [9.17, 15) is 9.18 Å². The number of hydrogen-bond acceptors (Lipinski definition) is 2. The molecule has 5 rings (SSSR count). The van der Waals surface area contributed by atoms with Crippen LogP contribution in [0.1, 0.15) is 57.4 Å². The fourth-order valence-corrected chi connectivity index (χ4v) is 6.35. The van der Waals surface area contributed by atoms with Gasteiger partial charge in [-0.25, -0.2) is 4.39 Å². The summed E-state index contributed by atoms with van der Waals surface area (Å²) >= 11 is 0. The van der Waals surface area contributed by atoms with Gasteiger partial charge in [0.1, 0.15) is 5.82 Å². The van der Waals surface area contributed by atoms with E-state index in [0.717, 1.165) is 18.3 Å². The molecule has 0 aliphatic heterocycles. The summed E-state index contributed by atoms with van der Waals surface area (Å²) in [4.78, 5) is 12.0. The molecular weight excluding hydrogens is 303 g/mol. The average molecular weight is 330 g/mol. The minimum atomic E-state index is -0.178. The van der Waals surface area contributed by atoms with Gasteiger partial charge in [-0.3, -0.25) is 4.79 Å². The van der Waals surface area contributed by atoms with Gasteiger partial charge in [-0.05, 0) is 86.8 Å². The SMILES string of the molecule is CCOC(=O)CCC1(c2ccc(F)cc2)C2CC3CC(C2)CC1C3. The smallest absolute Gasteiger partial charge is 0.305 e. The zero-order valence-electron chi connectivity index (χ0n) is 14.5. The lowest BCUT2D eigenvalue weighted by Gasteiger charge is -2.62. The van der Waals surface area contributed by atoms with E-state index in [-0.39, 0.29) is 17.2 Å². The predicted octanol–water partition coefficient (Wildman–Crippen LogP) is 4.86. The van der Waals surface area contributed by atoms with E-state index < -0.39 is 0 Å². The minimum Gasteiger partial charge on any atom is -0.466 e. The fraction of sp³-hybridized carbons (Fsp3) is 0.667. The highest BCUT2D eigenvalue weighted by molar-refractivity contribution is 5.69. The number of rotatable bonds is 5.